The molecule has 0 saturated heterocycles. The Balaban J connectivity index is 1.53. The van der Waals surface area contributed by atoms with Crippen LogP contribution < -0.4 is 15.4 Å². The summed E-state index contributed by atoms with van der Waals surface area (Å²) in [5.41, 5.74) is 1.17. The van der Waals surface area contributed by atoms with Gasteiger partial charge in [-0.05, 0) is 30.9 Å². The van der Waals surface area contributed by atoms with E-state index in [1.807, 2.05) is 18.2 Å². The summed E-state index contributed by atoms with van der Waals surface area (Å²) in [4.78, 5) is 4.48. The van der Waals surface area contributed by atoms with Crippen molar-refractivity contribution < 1.29 is 4.74 Å². The lowest BCUT2D eigenvalue weighted by molar-refractivity contribution is 0.410. The molecule has 6 nitrogen and oxygen atoms in total. The average molecular weight is 313 g/mol. The minimum absolute atomic E-state index is 0.487. The van der Waals surface area contributed by atoms with Crippen molar-refractivity contribution in [3.63, 3.8) is 0 Å². The second-order valence-electron chi connectivity index (χ2n) is 5.78. The van der Waals surface area contributed by atoms with Crippen LogP contribution in [0.2, 0.25) is 0 Å². The number of ether oxygens (including phenoxy) is 1. The van der Waals surface area contributed by atoms with Crippen molar-refractivity contribution in [3.8, 4) is 5.75 Å². The summed E-state index contributed by atoms with van der Waals surface area (Å²) in [6.07, 6.45) is 7.45. The standard InChI is InChI=1S/C17H23N5O/c1-23-15-9-5-2-6-13(15)10-11-18-16-12-19-22-17(21-16)20-14-7-3-4-8-14/h2,5-6,9,12,14H,3-4,7-8,10-11H2,1H3,(H2,18,20,21,22). The van der Waals surface area contributed by atoms with E-state index in [1.165, 1.54) is 31.2 Å². The van der Waals surface area contributed by atoms with Gasteiger partial charge in [-0.2, -0.15) is 10.1 Å². The topological polar surface area (TPSA) is 72.0 Å². The number of rotatable bonds is 7. The molecule has 0 aliphatic heterocycles. The largest absolute Gasteiger partial charge is 0.496 e. The van der Waals surface area contributed by atoms with Crippen LogP contribution in [0.5, 0.6) is 5.75 Å². The lowest BCUT2D eigenvalue weighted by Crippen LogP contribution is -2.18. The molecule has 1 heterocycles. The Hall–Kier alpha value is -2.37. The quantitative estimate of drug-likeness (QED) is 0.819. The summed E-state index contributed by atoms with van der Waals surface area (Å²) in [6, 6.07) is 8.54. The van der Waals surface area contributed by atoms with Gasteiger partial charge in [-0.3, -0.25) is 0 Å². The van der Waals surface area contributed by atoms with Crippen LogP contribution in [0, 0.1) is 0 Å². The van der Waals surface area contributed by atoms with E-state index < -0.39 is 0 Å². The van der Waals surface area contributed by atoms with Gasteiger partial charge in [0.1, 0.15) is 5.75 Å². The molecular formula is C17H23N5O. The van der Waals surface area contributed by atoms with Crippen LogP contribution in [0.25, 0.3) is 0 Å². The van der Waals surface area contributed by atoms with Crippen molar-refractivity contribution in [1.82, 2.24) is 15.2 Å². The highest BCUT2D eigenvalue weighted by Gasteiger charge is 2.15. The molecule has 2 aromatic rings. The number of hydrogen-bond acceptors (Lipinski definition) is 6. The lowest BCUT2D eigenvalue weighted by Gasteiger charge is -2.12. The van der Waals surface area contributed by atoms with Crippen LogP contribution in [0.1, 0.15) is 31.2 Å². The molecule has 0 atom stereocenters. The molecule has 1 saturated carbocycles. The third kappa shape index (κ3) is 4.31. The molecule has 122 valence electrons. The van der Waals surface area contributed by atoms with Crippen LogP contribution in [-0.4, -0.2) is 34.9 Å². The van der Waals surface area contributed by atoms with Gasteiger partial charge in [0.2, 0.25) is 5.95 Å². The van der Waals surface area contributed by atoms with Crippen LogP contribution >= 0.6 is 0 Å². The molecule has 1 aliphatic carbocycles. The highest BCUT2D eigenvalue weighted by molar-refractivity contribution is 5.39. The Labute approximate surface area is 136 Å². The fourth-order valence-corrected chi connectivity index (χ4v) is 2.94. The van der Waals surface area contributed by atoms with Crippen molar-refractivity contribution in [3.05, 3.63) is 36.0 Å². The van der Waals surface area contributed by atoms with Crippen LogP contribution in [-0.2, 0) is 6.42 Å². The number of para-hydroxylation sites is 1. The average Bonchev–Trinajstić information content (AvgIpc) is 3.09. The molecule has 1 aromatic carbocycles. The second-order valence-corrected chi connectivity index (χ2v) is 5.78. The first-order valence-corrected chi connectivity index (χ1v) is 8.17. The molecule has 0 unspecified atom stereocenters. The van der Waals surface area contributed by atoms with Crippen molar-refractivity contribution >= 4 is 11.8 Å². The fourth-order valence-electron chi connectivity index (χ4n) is 2.94. The Morgan fingerprint density at radius 3 is 2.87 bits per heavy atom. The highest BCUT2D eigenvalue weighted by Crippen LogP contribution is 2.21. The van der Waals surface area contributed by atoms with Gasteiger partial charge >= 0.3 is 0 Å². The van der Waals surface area contributed by atoms with Gasteiger partial charge in [0.25, 0.3) is 0 Å². The fraction of sp³-hybridized carbons (Fsp3) is 0.471. The Morgan fingerprint density at radius 2 is 2.04 bits per heavy atom. The molecule has 3 rings (SSSR count). The third-order valence-electron chi connectivity index (χ3n) is 4.14. The van der Waals surface area contributed by atoms with Crippen molar-refractivity contribution in [2.75, 3.05) is 24.3 Å². The molecule has 0 spiro atoms. The molecule has 1 aliphatic rings. The maximum atomic E-state index is 5.37. The van der Waals surface area contributed by atoms with Gasteiger partial charge in [-0.1, -0.05) is 31.0 Å². The summed E-state index contributed by atoms with van der Waals surface area (Å²) in [6.45, 7) is 0.766. The Kier molecular flexibility index (Phi) is 5.24. The van der Waals surface area contributed by atoms with E-state index in [-0.39, 0.29) is 0 Å². The number of aromatic nitrogens is 3. The van der Waals surface area contributed by atoms with Gasteiger partial charge in [-0.15, -0.1) is 5.10 Å². The van der Waals surface area contributed by atoms with Crippen LogP contribution in [0.3, 0.4) is 0 Å². The van der Waals surface area contributed by atoms with Crippen LogP contribution in [0.15, 0.2) is 30.5 Å². The molecule has 1 fully saturated rings. The monoisotopic (exact) mass is 313 g/mol. The van der Waals surface area contributed by atoms with Crippen LogP contribution in [0.4, 0.5) is 11.8 Å². The maximum absolute atomic E-state index is 5.37. The van der Waals surface area contributed by atoms with E-state index >= 15 is 0 Å². The van der Waals surface area contributed by atoms with E-state index in [1.54, 1.807) is 13.3 Å². The lowest BCUT2D eigenvalue weighted by atomic mass is 10.1. The Morgan fingerprint density at radius 1 is 1.22 bits per heavy atom. The molecule has 0 bridgehead atoms. The molecule has 1 aromatic heterocycles. The zero-order chi connectivity index (χ0) is 15.9. The maximum Gasteiger partial charge on any atom is 0.244 e. The number of nitrogens with zero attached hydrogens (tertiary/aromatic N) is 3. The predicted octanol–water partition coefficient (Wildman–Crippen LogP) is 2.89. The molecule has 0 amide bonds. The number of nitrogens with one attached hydrogen (secondary N) is 2. The molecular weight excluding hydrogens is 290 g/mol. The molecule has 23 heavy (non-hydrogen) atoms. The second kappa shape index (κ2) is 7.76. The predicted molar refractivity (Wildman–Crippen MR) is 90.9 cm³/mol. The number of methoxy groups -OCH3 is 1. The minimum atomic E-state index is 0.487. The summed E-state index contributed by atoms with van der Waals surface area (Å²) >= 11 is 0. The van der Waals surface area contributed by atoms with Crippen molar-refractivity contribution in [2.45, 2.75) is 38.1 Å². The SMILES string of the molecule is COc1ccccc1CCNc1cnnc(NC2CCCC2)n1. The zero-order valence-corrected chi connectivity index (χ0v) is 13.5. The van der Waals surface area contributed by atoms with Gasteiger partial charge in [0.15, 0.2) is 5.82 Å². The third-order valence-corrected chi connectivity index (χ3v) is 4.14. The van der Waals surface area contributed by atoms with Gasteiger partial charge in [0.05, 0.1) is 13.3 Å². The van der Waals surface area contributed by atoms with E-state index in [0.717, 1.165) is 24.5 Å². The first kappa shape index (κ1) is 15.5. The first-order chi connectivity index (χ1) is 11.3. The van der Waals surface area contributed by atoms with Gasteiger partial charge in [0, 0.05) is 12.6 Å². The van der Waals surface area contributed by atoms with E-state index in [2.05, 4.69) is 31.9 Å². The number of anilines is 2. The summed E-state index contributed by atoms with van der Waals surface area (Å²) < 4.78 is 5.37. The molecule has 2 N–H and O–H groups in total. The smallest absolute Gasteiger partial charge is 0.244 e. The van der Waals surface area contributed by atoms with Gasteiger partial charge < -0.3 is 15.4 Å². The Bertz CT molecular complexity index is 628. The normalized spacial score (nSPS) is 14.7. The zero-order valence-electron chi connectivity index (χ0n) is 13.5. The summed E-state index contributed by atoms with van der Waals surface area (Å²) in [5, 5.41) is 14.8. The van der Waals surface area contributed by atoms with Gasteiger partial charge in [-0.25, -0.2) is 0 Å². The summed E-state index contributed by atoms with van der Waals surface area (Å²) in [5.74, 6) is 2.27. The van der Waals surface area contributed by atoms with E-state index in [9.17, 15) is 0 Å². The molecule has 0 radical (unpaired) electrons. The molecule has 6 heteroatoms. The minimum Gasteiger partial charge on any atom is -0.496 e. The summed E-state index contributed by atoms with van der Waals surface area (Å²) in [7, 11) is 1.70. The number of hydrogen-bond donors (Lipinski definition) is 2. The van der Waals surface area contributed by atoms with E-state index in [4.69, 9.17) is 4.74 Å². The highest BCUT2D eigenvalue weighted by atomic mass is 16.5. The number of benzene rings is 1. The first-order valence-electron chi connectivity index (χ1n) is 8.17. The van der Waals surface area contributed by atoms with Crippen molar-refractivity contribution in [1.29, 1.82) is 0 Å². The van der Waals surface area contributed by atoms with E-state index in [0.29, 0.717) is 12.0 Å². The van der Waals surface area contributed by atoms with Crippen molar-refractivity contribution in [2.24, 2.45) is 0 Å².